The Morgan fingerprint density at radius 1 is 1.12 bits per heavy atom. The minimum Gasteiger partial charge on any atom is -0.435 e. The van der Waals surface area contributed by atoms with Crippen LogP contribution in [0.15, 0.2) is 48.5 Å². The topological polar surface area (TPSA) is 69.0 Å². The van der Waals surface area contributed by atoms with Crippen molar-refractivity contribution in [3.63, 3.8) is 0 Å². The van der Waals surface area contributed by atoms with E-state index in [2.05, 4.69) is 20.4 Å². The maximum Gasteiger partial charge on any atom is 0.387 e. The lowest BCUT2D eigenvalue weighted by Crippen LogP contribution is -2.14. The lowest BCUT2D eigenvalue weighted by atomic mass is 10.2. The minimum absolute atomic E-state index is 0.01000. The van der Waals surface area contributed by atoms with Crippen LogP contribution in [0.1, 0.15) is 16.2 Å². The average Bonchev–Trinajstić information content (AvgIpc) is 2.99. The molecule has 3 rings (SSSR count). The number of carbonyl (C=O) groups excluding carboxylic acids is 1. The number of nitrogens with one attached hydrogen (secondary N) is 1. The molecule has 0 saturated carbocycles. The lowest BCUT2D eigenvalue weighted by molar-refractivity contribution is -0.0498. The molecule has 1 N–H and O–H groups in total. The van der Waals surface area contributed by atoms with Gasteiger partial charge in [0, 0.05) is 5.69 Å². The molecule has 0 fully saturated rings. The Hall–Kier alpha value is -3.36. The summed E-state index contributed by atoms with van der Waals surface area (Å²) in [6.45, 7) is -1.26. The number of nitrogens with zero attached hydrogens (tertiary/aromatic N) is 3. The molecule has 0 aliphatic carbocycles. The van der Waals surface area contributed by atoms with Crippen LogP contribution < -0.4 is 10.1 Å². The predicted molar refractivity (Wildman–Crippen MR) is 87.1 cm³/mol. The van der Waals surface area contributed by atoms with Crippen LogP contribution in [0, 0.1) is 12.7 Å². The Morgan fingerprint density at radius 2 is 1.77 bits per heavy atom. The molecule has 0 aliphatic rings. The minimum atomic E-state index is -2.91. The molecule has 2 aromatic carbocycles. The number of hydrogen-bond acceptors (Lipinski definition) is 4. The summed E-state index contributed by atoms with van der Waals surface area (Å²) in [4.78, 5) is 12.3. The second kappa shape index (κ2) is 7.26. The zero-order valence-corrected chi connectivity index (χ0v) is 13.5. The molecule has 0 radical (unpaired) electrons. The predicted octanol–water partition coefficient (Wildman–Crippen LogP) is 3.57. The van der Waals surface area contributed by atoms with E-state index < -0.39 is 18.3 Å². The fraction of sp³-hybridized carbons (Fsp3) is 0.118. The summed E-state index contributed by atoms with van der Waals surface area (Å²) in [6, 6.07) is 11.1. The Morgan fingerprint density at radius 3 is 2.38 bits per heavy atom. The van der Waals surface area contributed by atoms with Crippen molar-refractivity contribution in [3.8, 4) is 11.4 Å². The summed E-state index contributed by atoms with van der Waals surface area (Å²) in [7, 11) is 0. The lowest BCUT2D eigenvalue weighted by Gasteiger charge is -2.07. The first-order valence-electron chi connectivity index (χ1n) is 7.48. The summed E-state index contributed by atoms with van der Waals surface area (Å²) in [6.07, 6.45) is 0. The van der Waals surface area contributed by atoms with Gasteiger partial charge in [-0.25, -0.2) is 9.07 Å². The van der Waals surface area contributed by atoms with Crippen molar-refractivity contribution in [1.29, 1.82) is 0 Å². The highest BCUT2D eigenvalue weighted by Crippen LogP contribution is 2.19. The molecule has 6 nitrogen and oxygen atoms in total. The first-order chi connectivity index (χ1) is 12.4. The number of alkyl halides is 2. The summed E-state index contributed by atoms with van der Waals surface area (Å²) in [5, 5.41) is 10.4. The van der Waals surface area contributed by atoms with Gasteiger partial charge >= 0.3 is 6.61 Å². The quantitative estimate of drug-likeness (QED) is 0.753. The van der Waals surface area contributed by atoms with Crippen molar-refractivity contribution in [3.05, 3.63) is 65.7 Å². The van der Waals surface area contributed by atoms with E-state index in [4.69, 9.17) is 0 Å². The normalized spacial score (nSPS) is 10.8. The molecule has 0 aliphatic heterocycles. The molecular formula is C17H13F3N4O2. The molecule has 0 spiro atoms. The van der Waals surface area contributed by atoms with E-state index in [0.717, 1.165) is 0 Å². The highest BCUT2D eigenvalue weighted by Gasteiger charge is 2.17. The van der Waals surface area contributed by atoms with Gasteiger partial charge in [0.25, 0.3) is 5.91 Å². The van der Waals surface area contributed by atoms with Gasteiger partial charge < -0.3 is 10.1 Å². The number of amides is 1. The number of hydrogen-bond donors (Lipinski definition) is 1. The molecule has 1 heterocycles. The summed E-state index contributed by atoms with van der Waals surface area (Å²) < 4.78 is 43.0. The average molecular weight is 362 g/mol. The third-order valence-corrected chi connectivity index (χ3v) is 3.52. The van der Waals surface area contributed by atoms with Gasteiger partial charge in [-0.2, -0.15) is 8.78 Å². The van der Waals surface area contributed by atoms with Gasteiger partial charge in [0.1, 0.15) is 11.6 Å². The fourth-order valence-corrected chi connectivity index (χ4v) is 2.28. The van der Waals surface area contributed by atoms with Gasteiger partial charge in [-0.15, -0.1) is 5.10 Å². The molecule has 134 valence electrons. The number of benzene rings is 2. The SMILES string of the molecule is Cc1c(C(=O)Nc2ccc(F)cc2)nnn1-c1ccc(OC(F)F)cc1. The molecular weight excluding hydrogens is 349 g/mol. The number of halogens is 3. The van der Waals surface area contributed by atoms with Crippen LogP contribution in [0.25, 0.3) is 5.69 Å². The van der Waals surface area contributed by atoms with Crippen molar-refractivity contribution in [2.24, 2.45) is 0 Å². The zero-order chi connectivity index (χ0) is 18.7. The zero-order valence-electron chi connectivity index (χ0n) is 13.5. The molecule has 0 bridgehead atoms. The van der Waals surface area contributed by atoms with E-state index >= 15 is 0 Å². The number of rotatable bonds is 5. The number of ether oxygens (including phenoxy) is 1. The number of anilines is 1. The summed E-state index contributed by atoms with van der Waals surface area (Å²) >= 11 is 0. The third-order valence-electron chi connectivity index (χ3n) is 3.52. The maximum atomic E-state index is 12.9. The van der Waals surface area contributed by atoms with Gasteiger partial charge in [0.15, 0.2) is 5.69 Å². The molecule has 0 saturated heterocycles. The van der Waals surface area contributed by atoms with Crippen molar-refractivity contribution >= 4 is 11.6 Å². The second-order valence-corrected chi connectivity index (χ2v) is 5.27. The Kier molecular flexibility index (Phi) is 4.87. The van der Waals surface area contributed by atoms with Crippen molar-refractivity contribution in [2.45, 2.75) is 13.5 Å². The highest BCUT2D eigenvalue weighted by atomic mass is 19.3. The molecule has 26 heavy (non-hydrogen) atoms. The summed E-state index contributed by atoms with van der Waals surface area (Å²) in [5.74, 6) is -0.904. The molecule has 9 heteroatoms. The monoisotopic (exact) mass is 362 g/mol. The number of carbonyl (C=O) groups is 1. The first kappa shape index (κ1) is 17.5. The largest absolute Gasteiger partial charge is 0.435 e. The van der Waals surface area contributed by atoms with E-state index in [1.165, 1.54) is 53.2 Å². The van der Waals surface area contributed by atoms with Gasteiger partial charge in [-0.1, -0.05) is 5.21 Å². The van der Waals surface area contributed by atoms with Gasteiger partial charge in [0.2, 0.25) is 0 Å². The van der Waals surface area contributed by atoms with Crippen molar-refractivity contribution in [1.82, 2.24) is 15.0 Å². The smallest absolute Gasteiger partial charge is 0.387 e. The highest BCUT2D eigenvalue weighted by molar-refractivity contribution is 6.03. The molecule has 0 unspecified atom stereocenters. The van der Waals surface area contributed by atoms with E-state index in [0.29, 0.717) is 17.1 Å². The van der Waals surface area contributed by atoms with E-state index in [1.54, 1.807) is 6.92 Å². The Bertz CT molecular complexity index is 909. The van der Waals surface area contributed by atoms with Crippen LogP contribution >= 0.6 is 0 Å². The van der Waals surface area contributed by atoms with E-state index in [-0.39, 0.29) is 11.4 Å². The second-order valence-electron chi connectivity index (χ2n) is 5.27. The summed E-state index contributed by atoms with van der Waals surface area (Å²) in [5.41, 5.74) is 1.48. The van der Waals surface area contributed by atoms with Crippen LogP contribution in [-0.4, -0.2) is 27.5 Å². The third kappa shape index (κ3) is 3.82. The van der Waals surface area contributed by atoms with Gasteiger partial charge in [-0.05, 0) is 55.5 Å². The molecule has 0 atom stereocenters. The first-order valence-corrected chi connectivity index (χ1v) is 7.48. The van der Waals surface area contributed by atoms with Crippen LogP contribution in [0.4, 0.5) is 18.9 Å². The van der Waals surface area contributed by atoms with Crippen molar-refractivity contribution in [2.75, 3.05) is 5.32 Å². The van der Waals surface area contributed by atoms with Crippen LogP contribution in [0.3, 0.4) is 0 Å². The van der Waals surface area contributed by atoms with Crippen LogP contribution in [-0.2, 0) is 0 Å². The standard InChI is InChI=1S/C17H13F3N4O2/c1-10-15(16(25)21-12-4-2-11(18)3-5-12)22-23-24(10)13-6-8-14(9-7-13)26-17(19)20/h2-9,17H,1H3,(H,21,25). The number of aromatic nitrogens is 3. The Labute approximate surface area is 146 Å². The van der Waals surface area contributed by atoms with Crippen molar-refractivity contribution < 1.29 is 22.7 Å². The maximum absolute atomic E-state index is 12.9. The van der Waals surface area contributed by atoms with Crippen LogP contribution in [0.5, 0.6) is 5.75 Å². The van der Waals surface area contributed by atoms with E-state index in [1.807, 2.05) is 0 Å². The van der Waals surface area contributed by atoms with Gasteiger partial charge in [0.05, 0.1) is 11.4 Å². The molecule has 3 aromatic rings. The van der Waals surface area contributed by atoms with E-state index in [9.17, 15) is 18.0 Å². The Balaban J connectivity index is 1.78. The fourth-order valence-electron chi connectivity index (χ4n) is 2.28. The van der Waals surface area contributed by atoms with Gasteiger partial charge in [-0.3, -0.25) is 4.79 Å². The van der Waals surface area contributed by atoms with Crippen LogP contribution in [0.2, 0.25) is 0 Å². The molecule has 1 aromatic heterocycles. The molecule has 1 amide bonds.